The second-order valence-electron chi connectivity index (χ2n) is 5.59. The second-order valence-corrected chi connectivity index (χ2v) is 7.27. The van der Waals surface area contributed by atoms with Gasteiger partial charge < -0.3 is 5.32 Å². The Bertz CT molecular complexity index is 387. The lowest BCUT2D eigenvalue weighted by Gasteiger charge is -2.32. The van der Waals surface area contributed by atoms with Gasteiger partial charge in [0.2, 0.25) is 17.7 Å². The first-order valence-corrected chi connectivity index (χ1v) is 8.23. The highest BCUT2D eigenvalue weighted by molar-refractivity contribution is 8.02. The van der Waals surface area contributed by atoms with E-state index in [0.29, 0.717) is 0 Å². The quantitative estimate of drug-likeness (QED) is 0.798. The summed E-state index contributed by atoms with van der Waals surface area (Å²) in [6.45, 7) is 3.42. The third kappa shape index (κ3) is 3.53. The predicted octanol–water partition coefficient (Wildman–Crippen LogP) is 1.31. The number of nitrogens with one attached hydrogen (secondary N) is 1. The van der Waals surface area contributed by atoms with Crippen molar-refractivity contribution in [3.63, 3.8) is 0 Å². The van der Waals surface area contributed by atoms with E-state index in [1.165, 1.54) is 18.2 Å². The summed E-state index contributed by atoms with van der Waals surface area (Å²) >= 11 is 1.35. The zero-order chi connectivity index (χ0) is 14.7. The number of hydrogen-bond acceptors (Lipinski definition) is 4. The van der Waals surface area contributed by atoms with Gasteiger partial charge in [0.25, 0.3) is 0 Å². The third-order valence-electron chi connectivity index (χ3n) is 3.91. The summed E-state index contributed by atoms with van der Waals surface area (Å²) in [5.74, 6) is -0.723. The van der Waals surface area contributed by atoms with Crippen molar-refractivity contribution in [2.24, 2.45) is 0 Å². The number of carbonyl (C=O) groups excluding carboxylic acids is 3. The van der Waals surface area contributed by atoms with Crippen LogP contribution in [0, 0.1) is 0 Å². The van der Waals surface area contributed by atoms with Crippen molar-refractivity contribution >= 4 is 29.5 Å². The molecule has 1 N–H and O–H groups in total. The number of hydrogen-bond donors (Lipinski definition) is 1. The molecule has 6 heteroatoms. The molecule has 0 aromatic carbocycles. The molecule has 0 radical (unpaired) electrons. The van der Waals surface area contributed by atoms with Gasteiger partial charge in [-0.25, -0.2) is 0 Å². The average Bonchev–Trinajstić information content (AvgIpc) is 2.42. The largest absolute Gasteiger partial charge is 0.352 e. The Morgan fingerprint density at radius 1 is 1.15 bits per heavy atom. The van der Waals surface area contributed by atoms with Crippen LogP contribution in [0.1, 0.15) is 46.0 Å². The number of nitrogens with zero attached hydrogens (tertiary/aromatic N) is 1. The lowest BCUT2D eigenvalue weighted by Crippen LogP contribution is -2.54. The van der Waals surface area contributed by atoms with Crippen LogP contribution in [0.2, 0.25) is 0 Å². The fourth-order valence-electron chi connectivity index (χ4n) is 2.79. The third-order valence-corrected chi connectivity index (χ3v) is 5.13. The molecule has 112 valence electrons. The Hall–Kier alpha value is -1.04. The first kappa shape index (κ1) is 15.4. The van der Waals surface area contributed by atoms with E-state index in [9.17, 15) is 14.4 Å². The minimum absolute atomic E-state index is 0.136. The molecule has 2 aliphatic rings. The van der Waals surface area contributed by atoms with Crippen LogP contribution in [-0.2, 0) is 14.4 Å². The van der Waals surface area contributed by atoms with Crippen molar-refractivity contribution in [3.8, 4) is 0 Å². The van der Waals surface area contributed by atoms with Gasteiger partial charge in [0.15, 0.2) is 0 Å². The first-order valence-electron chi connectivity index (χ1n) is 7.29. The molecule has 0 spiro atoms. The van der Waals surface area contributed by atoms with E-state index >= 15 is 0 Å². The Kier molecular flexibility index (Phi) is 5.07. The van der Waals surface area contributed by atoms with Gasteiger partial charge >= 0.3 is 0 Å². The van der Waals surface area contributed by atoms with Crippen LogP contribution in [0.4, 0.5) is 0 Å². The molecule has 2 atom stereocenters. The first-order chi connectivity index (χ1) is 9.49. The SMILES string of the molecule is C[C@@H]1S[C@H](C)C(=O)N(CC(=O)NC2CCCCC2)C1=O. The monoisotopic (exact) mass is 298 g/mol. The fourth-order valence-corrected chi connectivity index (χ4v) is 3.89. The van der Waals surface area contributed by atoms with E-state index in [0.717, 1.165) is 30.6 Å². The maximum Gasteiger partial charge on any atom is 0.242 e. The Labute approximate surface area is 123 Å². The summed E-state index contributed by atoms with van der Waals surface area (Å²) in [6, 6.07) is 0.204. The lowest BCUT2D eigenvalue weighted by atomic mass is 9.95. The standard InChI is InChI=1S/C14H22N2O3S/c1-9-13(18)16(14(19)10(2)20-9)8-12(17)15-11-6-4-3-5-7-11/h9-11H,3-8H2,1-2H3,(H,15,17)/t9-,10+. The lowest BCUT2D eigenvalue weighted by molar-refractivity contribution is -0.148. The van der Waals surface area contributed by atoms with E-state index < -0.39 is 0 Å². The van der Waals surface area contributed by atoms with Crippen molar-refractivity contribution in [2.45, 2.75) is 62.5 Å². The fraction of sp³-hybridized carbons (Fsp3) is 0.786. The molecule has 2 rings (SSSR count). The molecular formula is C14H22N2O3S. The van der Waals surface area contributed by atoms with Crippen molar-refractivity contribution in [1.82, 2.24) is 10.2 Å². The van der Waals surface area contributed by atoms with Crippen molar-refractivity contribution in [1.29, 1.82) is 0 Å². The molecule has 0 aromatic heterocycles. The molecule has 1 saturated carbocycles. The topological polar surface area (TPSA) is 66.5 Å². The van der Waals surface area contributed by atoms with E-state index in [2.05, 4.69) is 5.32 Å². The van der Waals surface area contributed by atoms with Gasteiger partial charge in [-0.1, -0.05) is 19.3 Å². The zero-order valence-corrected chi connectivity index (χ0v) is 12.9. The van der Waals surface area contributed by atoms with Crippen LogP contribution in [0.15, 0.2) is 0 Å². The smallest absolute Gasteiger partial charge is 0.242 e. The highest BCUT2D eigenvalue weighted by Crippen LogP contribution is 2.26. The average molecular weight is 298 g/mol. The molecular weight excluding hydrogens is 276 g/mol. The zero-order valence-electron chi connectivity index (χ0n) is 12.1. The number of thioether (sulfide) groups is 1. The molecule has 1 saturated heterocycles. The van der Waals surface area contributed by atoms with Crippen LogP contribution < -0.4 is 5.32 Å². The Morgan fingerprint density at radius 3 is 2.25 bits per heavy atom. The molecule has 2 fully saturated rings. The van der Waals surface area contributed by atoms with E-state index in [1.807, 2.05) is 0 Å². The predicted molar refractivity (Wildman–Crippen MR) is 78.3 cm³/mol. The molecule has 0 aromatic rings. The summed E-state index contributed by atoms with van der Waals surface area (Å²) < 4.78 is 0. The maximum atomic E-state index is 12.0. The van der Waals surface area contributed by atoms with E-state index in [-0.39, 0.29) is 40.8 Å². The van der Waals surface area contributed by atoms with Gasteiger partial charge in [-0.15, -0.1) is 11.8 Å². The van der Waals surface area contributed by atoms with Crippen molar-refractivity contribution in [3.05, 3.63) is 0 Å². The second kappa shape index (κ2) is 6.61. The number of carbonyl (C=O) groups is 3. The molecule has 20 heavy (non-hydrogen) atoms. The van der Waals surface area contributed by atoms with Crippen LogP contribution >= 0.6 is 11.8 Å². The summed E-state index contributed by atoms with van der Waals surface area (Å²) in [5, 5.41) is 2.43. The normalized spacial score (nSPS) is 28.6. The van der Waals surface area contributed by atoms with Gasteiger partial charge in [-0.05, 0) is 26.7 Å². The molecule has 1 aliphatic heterocycles. The summed E-state index contributed by atoms with van der Waals surface area (Å²) in [5.41, 5.74) is 0. The van der Waals surface area contributed by atoms with Gasteiger partial charge in [-0.3, -0.25) is 19.3 Å². The van der Waals surface area contributed by atoms with E-state index in [4.69, 9.17) is 0 Å². The molecule has 0 bridgehead atoms. The molecule has 5 nitrogen and oxygen atoms in total. The van der Waals surface area contributed by atoms with Crippen LogP contribution in [-0.4, -0.2) is 45.7 Å². The highest BCUT2D eigenvalue weighted by atomic mass is 32.2. The van der Waals surface area contributed by atoms with E-state index in [1.54, 1.807) is 13.8 Å². The van der Waals surface area contributed by atoms with Gasteiger partial charge in [0.1, 0.15) is 6.54 Å². The summed E-state index contributed by atoms with van der Waals surface area (Å²) in [6.07, 6.45) is 5.49. The van der Waals surface area contributed by atoms with Crippen molar-refractivity contribution < 1.29 is 14.4 Å². The van der Waals surface area contributed by atoms with Crippen LogP contribution in [0.5, 0.6) is 0 Å². The molecule has 0 unspecified atom stereocenters. The Morgan fingerprint density at radius 2 is 1.70 bits per heavy atom. The van der Waals surface area contributed by atoms with Crippen molar-refractivity contribution in [2.75, 3.05) is 6.54 Å². The van der Waals surface area contributed by atoms with Crippen LogP contribution in [0.25, 0.3) is 0 Å². The minimum atomic E-state index is -0.259. The number of imide groups is 1. The van der Waals surface area contributed by atoms with Crippen LogP contribution in [0.3, 0.4) is 0 Å². The number of amides is 3. The molecule has 3 amide bonds. The summed E-state index contributed by atoms with van der Waals surface area (Å²) in [4.78, 5) is 37.2. The molecule has 1 heterocycles. The Balaban J connectivity index is 1.91. The maximum absolute atomic E-state index is 12.0. The molecule has 1 aliphatic carbocycles. The van der Waals surface area contributed by atoms with Gasteiger partial charge in [0, 0.05) is 6.04 Å². The van der Waals surface area contributed by atoms with Gasteiger partial charge in [-0.2, -0.15) is 0 Å². The van der Waals surface area contributed by atoms with Gasteiger partial charge in [0.05, 0.1) is 10.5 Å². The number of rotatable bonds is 3. The highest BCUT2D eigenvalue weighted by Gasteiger charge is 2.38. The minimum Gasteiger partial charge on any atom is -0.352 e. The summed E-state index contributed by atoms with van der Waals surface area (Å²) in [7, 11) is 0.